The molecule has 1 aliphatic heterocycles. The molecule has 0 spiro atoms. The zero-order valence-electron chi connectivity index (χ0n) is 16.4. The molecule has 8 nitrogen and oxygen atoms in total. The van der Waals surface area contributed by atoms with Crippen LogP contribution in [0.3, 0.4) is 0 Å². The third-order valence-electron chi connectivity index (χ3n) is 4.43. The number of methoxy groups -OCH3 is 1. The maximum absolute atomic E-state index is 11.5. The maximum atomic E-state index is 11.5. The highest BCUT2D eigenvalue weighted by molar-refractivity contribution is 7.89. The van der Waals surface area contributed by atoms with Gasteiger partial charge in [0.05, 0.1) is 19.4 Å². The Labute approximate surface area is 162 Å². The molecule has 2 N–H and O–H groups in total. The van der Waals surface area contributed by atoms with Gasteiger partial charge in [0.15, 0.2) is 5.96 Å². The number of sulfonamides is 1. The topological polar surface area (TPSA) is 86.3 Å². The van der Waals surface area contributed by atoms with Crippen molar-refractivity contribution in [1.29, 1.82) is 0 Å². The second-order valence-electron chi connectivity index (χ2n) is 6.21. The van der Waals surface area contributed by atoms with Crippen molar-refractivity contribution in [2.75, 3.05) is 63.6 Å². The molecule has 0 bridgehead atoms. The monoisotopic (exact) mass is 397 g/mol. The van der Waals surface area contributed by atoms with Gasteiger partial charge >= 0.3 is 0 Å². The first-order valence-corrected chi connectivity index (χ1v) is 11.0. The van der Waals surface area contributed by atoms with E-state index in [-0.39, 0.29) is 5.75 Å². The smallest absolute Gasteiger partial charge is 0.211 e. The fourth-order valence-corrected chi connectivity index (χ4v) is 3.47. The SMILES string of the molecule is CCNC(=NCCNS(=O)(=O)CC)N1CCN(c2ccc(OC)cc2)CC1. The quantitative estimate of drug-likeness (QED) is 0.382. The van der Waals surface area contributed by atoms with E-state index in [4.69, 9.17) is 4.74 Å². The first-order chi connectivity index (χ1) is 13.0. The molecule has 1 aromatic carbocycles. The van der Waals surface area contributed by atoms with E-state index in [1.54, 1.807) is 14.0 Å². The molecule has 0 saturated carbocycles. The predicted molar refractivity (Wildman–Crippen MR) is 110 cm³/mol. The minimum atomic E-state index is -3.17. The molecule has 1 aliphatic rings. The number of benzene rings is 1. The summed E-state index contributed by atoms with van der Waals surface area (Å²) in [5.41, 5.74) is 1.19. The van der Waals surface area contributed by atoms with Gasteiger partial charge < -0.3 is 19.9 Å². The van der Waals surface area contributed by atoms with Gasteiger partial charge in [0.2, 0.25) is 10.0 Å². The summed E-state index contributed by atoms with van der Waals surface area (Å²) in [6.45, 7) is 8.69. The van der Waals surface area contributed by atoms with Gasteiger partial charge in [-0.2, -0.15) is 0 Å². The molecule has 0 aliphatic carbocycles. The molecule has 1 saturated heterocycles. The van der Waals surface area contributed by atoms with Crippen molar-refractivity contribution < 1.29 is 13.2 Å². The molecule has 0 aromatic heterocycles. The van der Waals surface area contributed by atoms with Crippen LogP contribution in [0.15, 0.2) is 29.3 Å². The Morgan fingerprint density at radius 1 is 1.15 bits per heavy atom. The van der Waals surface area contributed by atoms with Crippen LogP contribution in [-0.4, -0.2) is 78.0 Å². The largest absolute Gasteiger partial charge is 0.497 e. The van der Waals surface area contributed by atoms with Crippen LogP contribution >= 0.6 is 0 Å². The van der Waals surface area contributed by atoms with E-state index in [2.05, 4.69) is 37.0 Å². The van der Waals surface area contributed by atoms with Crippen LogP contribution < -0.4 is 19.7 Å². The Balaban J connectivity index is 1.88. The third kappa shape index (κ3) is 6.59. The van der Waals surface area contributed by atoms with Crippen LogP contribution in [0.1, 0.15) is 13.8 Å². The minimum absolute atomic E-state index is 0.0874. The Hall–Kier alpha value is -2.00. The van der Waals surface area contributed by atoms with E-state index in [1.807, 2.05) is 19.1 Å². The van der Waals surface area contributed by atoms with Gasteiger partial charge in [-0.15, -0.1) is 0 Å². The van der Waals surface area contributed by atoms with Crippen molar-refractivity contribution in [3.8, 4) is 5.75 Å². The fraction of sp³-hybridized carbons (Fsp3) is 0.611. The summed E-state index contributed by atoms with van der Waals surface area (Å²) in [4.78, 5) is 9.13. The number of hydrogen-bond acceptors (Lipinski definition) is 5. The summed E-state index contributed by atoms with van der Waals surface area (Å²) in [5.74, 6) is 1.78. The van der Waals surface area contributed by atoms with E-state index in [0.717, 1.165) is 44.4 Å². The summed E-state index contributed by atoms with van der Waals surface area (Å²) in [6, 6.07) is 8.11. The lowest BCUT2D eigenvalue weighted by Gasteiger charge is -2.37. The summed E-state index contributed by atoms with van der Waals surface area (Å²) in [7, 11) is -1.50. The van der Waals surface area contributed by atoms with Crippen molar-refractivity contribution in [2.45, 2.75) is 13.8 Å². The van der Waals surface area contributed by atoms with Gasteiger partial charge in [-0.3, -0.25) is 4.99 Å². The molecular weight excluding hydrogens is 366 g/mol. The number of nitrogens with one attached hydrogen (secondary N) is 2. The molecule has 0 amide bonds. The highest BCUT2D eigenvalue weighted by atomic mass is 32.2. The summed E-state index contributed by atoms with van der Waals surface area (Å²) in [6.07, 6.45) is 0. The molecule has 1 fully saturated rings. The summed E-state index contributed by atoms with van der Waals surface area (Å²) >= 11 is 0. The number of guanidine groups is 1. The minimum Gasteiger partial charge on any atom is -0.497 e. The summed E-state index contributed by atoms with van der Waals surface area (Å²) < 4.78 is 30.7. The molecule has 2 rings (SSSR count). The van der Waals surface area contributed by atoms with Gasteiger partial charge in [0.25, 0.3) is 0 Å². The van der Waals surface area contributed by atoms with Gasteiger partial charge in [0, 0.05) is 45.0 Å². The fourth-order valence-electron chi connectivity index (χ4n) is 2.86. The van der Waals surface area contributed by atoms with Crippen LogP contribution in [0.2, 0.25) is 0 Å². The third-order valence-corrected chi connectivity index (χ3v) is 5.83. The van der Waals surface area contributed by atoms with Crippen LogP contribution in [0.5, 0.6) is 5.75 Å². The highest BCUT2D eigenvalue weighted by Gasteiger charge is 2.19. The van der Waals surface area contributed by atoms with Gasteiger partial charge in [-0.1, -0.05) is 0 Å². The normalized spacial score (nSPS) is 15.7. The Morgan fingerprint density at radius 3 is 2.37 bits per heavy atom. The second-order valence-corrected chi connectivity index (χ2v) is 8.30. The van der Waals surface area contributed by atoms with E-state index in [0.29, 0.717) is 13.1 Å². The Kier molecular flexibility index (Phi) is 8.18. The van der Waals surface area contributed by atoms with Gasteiger partial charge in [0.1, 0.15) is 5.75 Å². The van der Waals surface area contributed by atoms with E-state index >= 15 is 0 Å². The van der Waals surface area contributed by atoms with Crippen molar-refractivity contribution in [3.05, 3.63) is 24.3 Å². The van der Waals surface area contributed by atoms with Crippen LogP contribution in [0, 0.1) is 0 Å². The number of nitrogens with zero attached hydrogens (tertiary/aromatic N) is 3. The number of anilines is 1. The number of hydrogen-bond donors (Lipinski definition) is 2. The molecule has 27 heavy (non-hydrogen) atoms. The Bertz CT molecular complexity index is 698. The lowest BCUT2D eigenvalue weighted by molar-refractivity contribution is 0.372. The molecule has 0 radical (unpaired) electrons. The average Bonchev–Trinajstić information content (AvgIpc) is 2.70. The van der Waals surface area contributed by atoms with Crippen LogP contribution in [0.25, 0.3) is 0 Å². The van der Waals surface area contributed by atoms with E-state index in [1.165, 1.54) is 5.69 Å². The first-order valence-electron chi connectivity index (χ1n) is 9.38. The molecular formula is C18H31N5O3S. The zero-order chi connectivity index (χ0) is 19.7. The number of aliphatic imine (C=N–C) groups is 1. The van der Waals surface area contributed by atoms with E-state index < -0.39 is 10.0 Å². The molecule has 9 heteroatoms. The lowest BCUT2D eigenvalue weighted by Crippen LogP contribution is -2.52. The second kappa shape index (κ2) is 10.4. The molecule has 1 heterocycles. The highest BCUT2D eigenvalue weighted by Crippen LogP contribution is 2.20. The van der Waals surface area contributed by atoms with Crippen LogP contribution in [-0.2, 0) is 10.0 Å². The van der Waals surface area contributed by atoms with E-state index in [9.17, 15) is 8.42 Å². The number of ether oxygens (including phenoxy) is 1. The van der Waals surface area contributed by atoms with Gasteiger partial charge in [-0.05, 0) is 38.1 Å². The predicted octanol–water partition coefficient (Wildman–Crippen LogP) is 0.722. The van der Waals surface area contributed by atoms with Gasteiger partial charge in [-0.25, -0.2) is 13.1 Å². The number of piperazine rings is 1. The molecule has 152 valence electrons. The van der Waals surface area contributed by atoms with Crippen molar-refractivity contribution >= 4 is 21.7 Å². The van der Waals surface area contributed by atoms with Crippen molar-refractivity contribution in [1.82, 2.24) is 14.9 Å². The molecule has 0 unspecified atom stereocenters. The standard InChI is InChI=1S/C18H31N5O3S/c1-4-19-18(20-10-11-21-27(24,25)5-2)23-14-12-22(13-15-23)16-6-8-17(26-3)9-7-16/h6-9,21H,4-5,10-15H2,1-3H3,(H,19,20). The first kappa shape index (κ1) is 21.3. The van der Waals surface area contributed by atoms with Crippen molar-refractivity contribution in [3.63, 3.8) is 0 Å². The average molecular weight is 398 g/mol. The summed E-state index contributed by atoms with van der Waals surface area (Å²) in [5, 5.41) is 3.30. The maximum Gasteiger partial charge on any atom is 0.211 e. The zero-order valence-corrected chi connectivity index (χ0v) is 17.3. The van der Waals surface area contributed by atoms with Crippen LogP contribution in [0.4, 0.5) is 5.69 Å². The Morgan fingerprint density at radius 2 is 1.81 bits per heavy atom. The number of rotatable bonds is 8. The lowest BCUT2D eigenvalue weighted by atomic mass is 10.2. The van der Waals surface area contributed by atoms with Crippen molar-refractivity contribution in [2.24, 2.45) is 4.99 Å². The molecule has 1 aromatic rings. The molecule has 0 atom stereocenters.